The molecular weight excluding hydrogens is 198 g/mol. The van der Waals surface area contributed by atoms with Crippen LogP contribution >= 0.6 is 0 Å². The van der Waals surface area contributed by atoms with Gasteiger partial charge in [0, 0.05) is 18.2 Å². The van der Waals surface area contributed by atoms with Crippen LogP contribution in [0.1, 0.15) is 44.4 Å². The minimum absolute atomic E-state index is 0.203. The van der Waals surface area contributed by atoms with Crippen molar-refractivity contribution in [3.05, 3.63) is 23.4 Å². The fraction of sp³-hybridized carbons (Fsp3) is 0.615. The number of aryl methyl sites for hydroxylation is 1. The van der Waals surface area contributed by atoms with E-state index in [0.717, 1.165) is 37.8 Å². The van der Waals surface area contributed by atoms with Crippen LogP contribution in [0.2, 0.25) is 0 Å². The molecule has 0 radical (unpaired) electrons. The molecule has 90 valence electrons. The lowest BCUT2D eigenvalue weighted by Gasteiger charge is -2.11. The topological polar surface area (TPSA) is 64.9 Å². The monoisotopic (exact) mass is 221 g/mol. The fourth-order valence-corrected chi connectivity index (χ4v) is 1.96. The molecule has 0 fully saturated rings. The van der Waals surface area contributed by atoms with E-state index in [9.17, 15) is 0 Å². The Labute approximate surface area is 98.3 Å². The number of hydrogen-bond acceptors (Lipinski definition) is 3. The Morgan fingerprint density at radius 3 is 2.62 bits per heavy atom. The van der Waals surface area contributed by atoms with Gasteiger partial charge in [-0.05, 0) is 30.5 Å². The van der Waals surface area contributed by atoms with Crippen molar-refractivity contribution in [2.75, 3.05) is 5.73 Å². The maximum atomic E-state index is 6.01. The molecule has 3 nitrogen and oxygen atoms in total. The molecule has 4 N–H and O–H groups in total. The van der Waals surface area contributed by atoms with Crippen molar-refractivity contribution in [2.45, 2.75) is 52.0 Å². The summed E-state index contributed by atoms with van der Waals surface area (Å²) in [7, 11) is 0. The van der Waals surface area contributed by atoms with Gasteiger partial charge in [0.25, 0.3) is 0 Å². The van der Waals surface area contributed by atoms with Crippen molar-refractivity contribution in [2.24, 2.45) is 5.73 Å². The molecule has 1 rings (SSSR count). The summed E-state index contributed by atoms with van der Waals surface area (Å²) in [5, 5.41) is 0. The van der Waals surface area contributed by atoms with Crippen LogP contribution in [0.3, 0.4) is 0 Å². The van der Waals surface area contributed by atoms with Gasteiger partial charge in [-0.25, -0.2) is 4.98 Å². The Bertz CT molecular complexity index is 323. The summed E-state index contributed by atoms with van der Waals surface area (Å²) in [6.45, 7) is 4.31. The third-order valence-electron chi connectivity index (χ3n) is 2.63. The van der Waals surface area contributed by atoms with Gasteiger partial charge >= 0.3 is 0 Å². The van der Waals surface area contributed by atoms with Crippen molar-refractivity contribution in [1.29, 1.82) is 0 Å². The highest BCUT2D eigenvalue weighted by atomic mass is 14.8. The molecule has 0 amide bonds. The van der Waals surface area contributed by atoms with Crippen molar-refractivity contribution >= 4 is 5.82 Å². The molecule has 0 aliphatic heterocycles. The average molecular weight is 221 g/mol. The van der Waals surface area contributed by atoms with E-state index < -0.39 is 0 Å². The van der Waals surface area contributed by atoms with E-state index in [1.807, 2.05) is 6.07 Å². The summed E-state index contributed by atoms with van der Waals surface area (Å²) in [6.07, 6.45) is 5.17. The summed E-state index contributed by atoms with van der Waals surface area (Å²) >= 11 is 0. The van der Waals surface area contributed by atoms with Crippen LogP contribution in [0.4, 0.5) is 5.82 Å². The Morgan fingerprint density at radius 2 is 2.00 bits per heavy atom. The maximum Gasteiger partial charge on any atom is 0.123 e. The van der Waals surface area contributed by atoms with Crippen LogP contribution < -0.4 is 11.5 Å². The van der Waals surface area contributed by atoms with Crippen LogP contribution in [0.25, 0.3) is 0 Å². The summed E-state index contributed by atoms with van der Waals surface area (Å²) in [5.41, 5.74) is 14.1. The molecular formula is C13H23N3. The second kappa shape index (κ2) is 6.48. The first-order valence-electron chi connectivity index (χ1n) is 6.16. The van der Waals surface area contributed by atoms with Gasteiger partial charge in [0.1, 0.15) is 5.82 Å². The smallest absolute Gasteiger partial charge is 0.123 e. The zero-order valence-electron chi connectivity index (χ0n) is 10.4. The van der Waals surface area contributed by atoms with Gasteiger partial charge in [0.05, 0.1) is 0 Å². The SMILES string of the molecule is CCCc1cc(N)nc(CC(N)CCC)c1. The van der Waals surface area contributed by atoms with Gasteiger partial charge in [-0.1, -0.05) is 26.7 Å². The minimum atomic E-state index is 0.203. The fourth-order valence-electron chi connectivity index (χ4n) is 1.96. The van der Waals surface area contributed by atoms with Crippen LogP contribution in [0, 0.1) is 0 Å². The predicted octanol–water partition coefficient (Wildman–Crippen LogP) is 2.29. The van der Waals surface area contributed by atoms with Crippen molar-refractivity contribution in [3.8, 4) is 0 Å². The zero-order valence-corrected chi connectivity index (χ0v) is 10.4. The molecule has 0 saturated heterocycles. The number of nitrogens with two attached hydrogens (primary N) is 2. The minimum Gasteiger partial charge on any atom is -0.384 e. The first-order valence-corrected chi connectivity index (χ1v) is 6.16. The highest BCUT2D eigenvalue weighted by Crippen LogP contribution is 2.12. The third kappa shape index (κ3) is 4.19. The van der Waals surface area contributed by atoms with Crippen LogP contribution in [-0.2, 0) is 12.8 Å². The van der Waals surface area contributed by atoms with Crippen LogP contribution in [0.5, 0.6) is 0 Å². The molecule has 0 aromatic carbocycles. The second-order valence-corrected chi connectivity index (χ2v) is 4.39. The van der Waals surface area contributed by atoms with E-state index in [-0.39, 0.29) is 6.04 Å². The normalized spacial score (nSPS) is 12.7. The van der Waals surface area contributed by atoms with Gasteiger partial charge in [0.15, 0.2) is 0 Å². The maximum absolute atomic E-state index is 6.01. The van der Waals surface area contributed by atoms with Crippen LogP contribution in [0.15, 0.2) is 12.1 Å². The second-order valence-electron chi connectivity index (χ2n) is 4.39. The molecule has 16 heavy (non-hydrogen) atoms. The molecule has 0 saturated carbocycles. The molecule has 0 aliphatic rings. The highest BCUT2D eigenvalue weighted by molar-refractivity contribution is 5.35. The average Bonchev–Trinajstić information content (AvgIpc) is 2.17. The standard InChI is InChI=1S/C13H23N3/c1-3-5-10-7-12(16-13(15)8-10)9-11(14)6-4-2/h7-8,11H,3-6,9,14H2,1-2H3,(H2,15,16). The first-order chi connectivity index (χ1) is 7.65. The van der Waals surface area contributed by atoms with Gasteiger partial charge in [-0.3, -0.25) is 0 Å². The van der Waals surface area contributed by atoms with Gasteiger partial charge in [0.2, 0.25) is 0 Å². The molecule has 0 aliphatic carbocycles. The number of nitrogen functional groups attached to an aromatic ring is 1. The number of anilines is 1. The van der Waals surface area contributed by atoms with E-state index in [0.29, 0.717) is 5.82 Å². The van der Waals surface area contributed by atoms with E-state index in [1.54, 1.807) is 0 Å². The number of pyridine rings is 1. The summed E-state index contributed by atoms with van der Waals surface area (Å²) < 4.78 is 0. The molecule has 1 aromatic rings. The van der Waals surface area contributed by atoms with Crippen molar-refractivity contribution < 1.29 is 0 Å². The Kier molecular flexibility index (Phi) is 5.26. The van der Waals surface area contributed by atoms with E-state index in [1.165, 1.54) is 5.56 Å². The summed E-state index contributed by atoms with van der Waals surface area (Å²) in [4.78, 5) is 4.34. The lowest BCUT2D eigenvalue weighted by molar-refractivity contribution is 0.593. The molecule has 0 spiro atoms. The summed E-state index contributed by atoms with van der Waals surface area (Å²) in [6, 6.07) is 4.29. The summed E-state index contributed by atoms with van der Waals surface area (Å²) in [5.74, 6) is 0.615. The van der Waals surface area contributed by atoms with Crippen molar-refractivity contribution in [1.82, 2.24) is 4.98 Å². The zero-order chi connectivity index (χ0) is 12.0. The molecule has 3 heteroatoms. The third-order valence-corrected chi connectivity index (χ3v) is 2.63. The van der Waals surface area contributed by atoms with Gasteiger partial charge < -0.3 is 11.5 Å². The number of hydrogen-bond donors (Lipinski definition) is 2. The lowest BCUT2D eigenvalue weighted by atomic mass is 10.0. The quantitative estimate of drug-likeness (QED) is 0.774. The Hall–Kier alpha value is -1.09. The van der Waals surface area contributed by atoms with Crippen LogP contribution in [-0.4, -0.2) is 11.0 Å². The lowest BCUT2D eigenvalue weighted by Crippen LogP contribution is -2.23. The molecule has 0 bridgehead atoms. The Balaban J connectivity index is 2.71. The van der Waals surface area contributed by atoms with E-state index >= 15 is 0 Å². The molecule has 1 unspecified atom stereocenters. The first kappa shape index (κ1) is 13.0. The van der Waals surface area contributed by atoms with E-state index in [2.05, 4.69) is 24.9 Å². The van der Waals surface area contributed by atoms with Gasteiger partial charge in [-0.2, -0.15) is 0 Å². The number of aromatic nitrogens is 1. The number of rotatable bonds is 6. The van der Waals surface area contributed by atoms with E-state index in [4.69, 9.17) is 11.5 Å². The molecule has 1 atom stereocenters. The molecule has 1 heterocycles. The van der Waals surface area contributed by atoms with Gasteiger partial charge in [-0.15, -0.1) is 0 Å². The Morgan fingerprint density at radius 1 is 1.25 bits per heavy atom. The number of nitrogens with zero attached hydrogens (tertiary/aromatic N) is 1. The molecule has 1 aromatic heterocycles. The highest BCUT2D eigenvalue weighted by Gasteiger charge is 2.06. The predicted molar refractivity (Wildman–Crippen MR) is 69.2 cm³/mol. The largest absolute Gasteiger partial charge is 0.384 e. The van der Waals surface area contributed by atoms with Crippen molar-refractivity contribution in [3.63, 3.8) is 0 Å².